The fourth-order valence-corrected chi connectivity index (χ4v) is 3.01. The zero-order valence-electron chi connectivity index (χ0n) is 13.6. The Hall–Kier alpha value is -2.96. The van der Waals surface area contributed by atoms with Gasteiger partial charge >= 0.3 is 0 Å². The lowest BCUT2D eigenvalue weighted by Crippen LogP contribution is -2.12. The Morgan fingerprint density at radius 3 is 2.71 bits per heavy atom. The molecule has 0 spiro atoms. The van der Waals surface area contributed by atoms with E-state index in [-0.39, 0.29) is 5.91 Å². The predicted molar refractivity (Wildman–Crippen MR) is 89.3 cm³/mol. The molecule has 0 unspecified atom stereocenters. The van der Waals surface area contributed by atoms with E-state index < -0.39 is 0 Å². The van der Waals surface area contributed by atoms with E-state index in [1.807, 2.05) is 19.9 Å². The van der Waals surface area contributed by atoms with Crippen LogP contribution in [0.3, 0.4) is 0 Å². The molecule has 0 radical (unpaired) electrons. The fraction of sp³-hybridized carbons (Fsp3) is 0.294. The molecular weight excluding hydrogens is 304 g/mol. The normalized spacial score (nSPS) is 13.9. The molecule has 1 saturated carbocycles. The third-order valence-corrected chi connectivity index (χ3v) is 4.24. The number of hydrogen-bond acceptors (Lipinski definition) is 4. The Kier molecular flexibility index (Phi) is 3.41. The summed E-state index contributed by atoms with van der Waals surface area (Å²) in [6, 6.07) is 4.25. The first-order valence-electron chi connectivity index (χ1n) is 7.95. The molecule has 1 aliphatic rings. The summed E-state index contributed by atoms with van der Waals surface area (Å²) in [5.41, 5.74) is 3.48. The molecule has 3 heterocycles. The molecular formula is C17H18N6O. The molecule has 122 valence electrons. The lowest BCUT2D eigenvalue weighted by molar-refractivity contribution is 0.102. The monoisotopic (exact) mass is 322 g/mol. The number of rotatable bonds is 4. The molecule has 0 bridgehead atoms. The van der Waals surface area contributed by atoms with Crippen LogP contribution in [0.4, 0.5) is 5.69 Å². The number of aromatic nitrogens is 5. The highest BCUT2D eigenvalue weighted by Crippen LogP contribution is 2.38. The van der Waals surface area contributed by atoms with Crippen LogP contribution in [0.5, 0.6) is 0 Å². The number of anilines is 1. The summed E-state index contributed by atoms with van der Waals surface area (Å²) in [6.45, 7) is 4.05. The van der Waals surface area contributed by atoms with Crippen LogP contribution < -0.4 is 5.32 Å². The van der Waals surface area contributed by atoms with Gasteiger partial charge in [-0.05, 0) is 38.8 Å². The maximum Gasteiger partial charge on any atom is 0.257 e. The number of amides is 1. The minimum Gasteiger partial charge on any atom is -0.345 e. The molecule has 0 aromatic carbocycles. The first-order chi connectivity index (χ1) is 11.6. The van der Waals surface area contributed by atoms with Gasteiger partial charge in [-0.15, -0.1) is 0 Å². The second kappa shape index (κ2) is 5.59. The highest BCUT2D eigenvalue weighted by Gasteiger charge is 2.28. The van der Waals surface area contributed by atoms with Gasteiger partial charge in [0.2, 0.25) is 5.95 Å². The predicted octanol–water partition coefficient (Wildman–Crippen LogP) is 2.67. The van der Waals surface area contributed by atoms with Crippen LogP contribution >= 0.6 is 0 Å². The van der Waals surface area contributed by atoms with Crippen molar-refractivity contribution in [2.75, 3.05) is 5.32 Å². The van der Waals surface area contributed by atoms with E-state index in [1.165, 1.54) is 17.5 Å². The molecule has 24 heavy (non-hydrogen) atoms. The standard InChI is InChI=1S/C17H18N6O/c1-11-8-15(12(2)23(11)14-4-5-14)16(24)21-13-9-20-22(10-13)17-18-6-3-7-19-17/h3,6-10,14H,4-5H2,1-2H3,(H,21,24). The molecule has 7 heteroatoms. The summed E-state index contributed by atoms with van der Waals surface area (Å²) in [5, 5.41) is 7.09. The van der Waals surface area contributed by atoms with Gasteiger partial charge in [0.15, 0.2) is 0 Å². The summed E-state index contributed by atoms with van der Waals surface area (Å²) in [5.74, 6) is 0.341. The molecule has 7 nitrogen and oxygen atoms in total. The third-order valence-electron chi connectivity index (χ3n) is 4.24. The second-order valence-electron chi connectivity index (χ2n) is 6.06. The van der Waals surface area contributed by atoms with Crippen molar-refractivity contribution in [1.29, 1.82) is 0 Å². The number of nitrogens with one attached hydrogen (secondary N) is 1. The second-order valence-corrected chi connectivity index (χ2v) is 6.06. The van der Waals surface area contributed by atoms with E-state index >= 15 is 0 Å². The third kappa shape index (κ3) is 2.58. The Balaban J connectivity index is 1.55. The van der Waals surface area contributed by atoms with Crippen LogP contribution in [0.2, 0.25) is 0 Å². The molecule has 0 atom stereocenters. The van der Waals surface area contributed by atoms with Crippen molar-refractivity contribution in [3.05, 3.63) is 53.9 Å². The zero-order chi connectivity index (χ0) is 16.7. The topological polar surface area (TPSA) is 77.6 Å². The first-order valence-corrected chi connectivity index (χ1v) is 7.95. The Bertz CT molecular complexity index is 891. The Morgan fingerprint density at radius 2 is 2.00 bits per heavy atom. The number of carbonyl (C=O) groups is 1. The maximum atomic E-state index is 12.6. The molecule has 1 N–H and O–H groups in total. The van der Waals surface area contributed by atoms with Gasteiger partial charge < -0.3 is 9.88 Å². The quantitative estimate of drug-likeness (QED) is 0.801. The summed E-state index contributed by atoms with van der Waals surface area (Å²) < 4.78 is 3.79. The van der Waals surface area contributed by atoms with E-state index in [1.54, 1.807) is 30.9 Å². The van der Waals surface area contributed by atoms with Crippen LogP contribution in [0, 0.1) is 13.8 Å². The van der Waals surface area contributed by atoms with Gasteiger partial charge in [-0.3, -0.25) is 4.79 Å². The first kappa shape index (κ1) is 14.6. The fourth-order valence-electron chi connectivity index (χ4n) is 3.01. The molecule has 0 saturated heterocycles. The summed E-state index contributed by atoms with van der Waals surface area (Å²) >= 11 is 0. The summed E-state index contributed by atoms with van der Waals surface area (Å²) in [6.07, 6.45) is 8.98. The average molecular weight is 322 g/mol. The molecule has 1 aliphatic carbocycles. The van der Waals surface area contributed by atoms with E-state index in [9.17, 15) is 4.79 Å². The molecule has 4 rings (SSSR count). The average Bonchev–Trinajstić information content (AvgIpc) is 3.22. The van der Waals surface area contributed by atoms with E-state index in [0.29, 0.717) is 23.2 Å². The van der Waals surface area contributed by atoms with Crippen molar-refractivity contribution >= 4 is 11.6 Å². The number of nitrogens with zero attached hydrogens (tertiary/aromatic N) is 5. The molecule has 1 fully saturated rings. The van der Waals surface area contributed by atoms with Gasteiger partial charge in [-0.1, -0.05) is 0 Å². The zero-order valence-corrected chi connectivity index (χ0v) is 13.6. The van der Waals surface area contributed by atoms with Crippen molar-refractivity contribution in [2.24, 2.45) is 0 Å². The van der Waals surface area contributed by atoms with Gasteiger partial charge in [-0.25, -0.2) is 14.6 Å². The lowest BCUT2D eigenvalue weighted by atomic mass is 10.2. The highest BCUT2D eigenvalue weighted by atomic mass is 16.1. The van der Waals surface area contributed by atoms with Crippen LogP contribution in [0.25, 0.3) is 5.95 Å². The van der Waals surface area contributed by atoms with Crippen molar-refractivity contribution in [1.82, 2.24) is 24.3 Å². The highest BCUT2D eigenvalue weighted by molar-refractivity contribution is 6.05. The largest absolute Gasteiger partial charge is 0.345 e. The number of hydrogen-bond donors (Lipinski definition) is 1. The van der Waals surface area contributed by atoms with E-state index in [2.05, 4.69) is 25.0 Å². The number of aryl methyl sites for hydroxylation is 1. The minimum atomic E-state index is -0.122. The van der Waals surface area contributed by atoms with E-state index in [0.717, 1.165) is 11.4 Å². The Morgan fingerprint density at radius 1 is 1.25 bits per heavy atom. The van der Waals surface area contributed by atoms with Gasteiger partial charge in [0.05, 0.1) is 23.6 Å². The summed E-state index contributed by atoms with van der Waals surface area (Å²) in [7, 11) is 0. The van der Waals surface area contributed by atoms with Crippen molar-refractivity contribution in [3.8, 4) is 5.95 Å². The van der Waals surface area contributed by atoms with Gasteiger partial charge in [-0.2, -0.15) is 5.10 Å². The van der Waals surface area contributed by atoms with Crippen molar-refractivity contribution in [3.63, 3.8) is 0 Å². The number of carbonyl (C=O) groups excluding carboxylic acids is 1. The van der Waals surface area contributed by atoms with Gasteiger partial charge in [0, 0.05) is 29.8 Å². The van der Waals surface area contributed by atoms with Crippen LogP contribution in [-0.4, -0.2) is 30.2 Å². The SMILES string of the molecule is Cc1cc(C(=O)Nc2cnn(-c3ncccn3)c2)c(C)n1C1CC1. The molecule has 3 aromatic rings. The minimum absolute atomic E-state index is 0.122. The lowest BCUT2D eigenvalue weighted by Gasteiger charge is -2.07. The van der Waals surface area contributed by atoms with Crippen LogP contribution in [0.1, 0.15) is 40.6 Å². The van der Waals surface area contributed by atoms with Crippen molar-refractivity contribution in [2.45, 2.75) is 32.7 Å². The summed E-state index contributed by atoms with van der Waals surface area (Å²) in [4.78, 5) is 20.9. The van der Waals surface area contributed by atoms with Crippen LogP contribution in [0.15, 0.2) is 36.9 Å². The van der Waals surface area contributed by atoms with Crippen molar-refractivity contribution < 1.29 is 4.79 Å². The van der Waals surface area contributed by atoms with Gasteiger partial charge in [0.1, 0.15) is 0 Å². The maximum absolute atomic E-state index is 12.6. The van der Waals surface area contributed by atoms with E-state index in [4.69, 9.17) is 0 Å². The molecule has 1 amide bonds. The van der Waals surface area contributed by atoms with Crippen LogP contribution in [-0.2, 0) is 0 Å². The smallest absolute Gasteiger partial charge is 0.257 e. The Labute approximate surface area is 139 Å². The molecule has 3 aromatic heterocycles. The van der Waals surface area contributed by atoms with Gasteiger partial charge in [0.25, 0.3) is 5.91 Å². The molecule has 0 aliphatic heterocycles.